The molecular weight excluding hydrogens is 228 g/mol. The monoisotopic (exact) mass is 242 g/mol. The molecule has 4 nitrogen and oxygen atoms in total. The molecule has 0 aliphatic rings. The van der Waals surface area contributed by atoms with Gasteiger partial charge in [0.15, 0.2) is 0 Å². The van der Waals surface area contributed by atoms with Gasteiger partial charge in [-0.3, -0.25) is 0 Å². The van der Waals surface area contributed by atoms with Gasteiger partial charge in [-0.25, -0.2) is 9.78 Å². The summed E-state index contributed by atoms with van der Waals surface area (Å²) in [6.45, 7) is 1.82. The standard InChI is InChI=1S/C14H14N2O2/c1-10(11-5-3-2-4-6-11)18-14(17)13-8-7-12(15)9-16-13/h2-10H,15H2,1H3. The Labute approximate surface area is 105 Å². The molecule has 0 aliphatic heterocycles. The van der Waals surface area contributed by atoms with Gasteiger partial charge in [-0.1, -0.05) is 30.3 Å². The number of nitrogens with zero attached hydrogens (tertiary/aromatic N) is 1. The van der Waals surface area contributed by atoms with Crippen LogP contribution < -0.4 is 5.73 Å². The molecule has 0 spiro atoms. The summed E-state index contributed by atoms with van der Waals surface area (Å²) in [4.78, 5) is 15.7. The van der Waals surface area contributed by atoms with Crippen LogP contribution in [0.3, 0.4) is 0 Å². The Bertz CT molecular complexity index is 523. The summed E-state index contributed by atoms with van der Waals surface area (Å²) in [6, 6.07) is 12.7. The summed E-state index contributed by atoms with van der Waals surface area (Å²) >= 11 is 0. The number of benzene rings is 1. The minimum absolute atomic E-state index is 0.256. The van der Waals surface area contributed by atoms with Crippen LogP contribution in [0.1, 0.15) is 29.1 Å². The van der Waals surface area contributed by atoms with Gasteiger partial charge in [-0.05, 0) is 24.6 Å². The Kier molecular flexibility index (Phi) is 3.57. The molecule has 1 heterocycles. The fourth-order valence-corrected chi connectivity index (χ4v) is 1.54. The molecule has 1 atom stereocenters. The van der Waals surface area contributed by atoms with Gasteiger partial charge in [0.1, 0.15) is 11.8 Å². The molecule has 0 aliphatic carbocycles. The van der Waals surface area contributed by atoms with Crippen molar-refractivity contribution in [2.75, 3.05) is 5.73 Å². The lowest BCUT2D eigenvalue weighted by molar-refractivity contribution is 0.0331. The zero-order chi connectivity index (χ0) is 13.0. The smallest absolute Gasteiger partial charge is 0.357 e. The van der Waals surface area contributed by atoms with Crippen molar-refractivity contribution in [3.63, 3.8) is 0 Å². The summed E-state index contributed by atoms with van der Waals surface area (Å²) in [6.07, 6.45) is 1.13. The number of hydrogen-bond acceptors (Lipinski definition) is 4. The lowest BCUT2D eigenvalue weighted by atomic mass is 10.1. The number of anilines is 1. The first-order valence-corrected chi connectivity index (χ1v) is 5.64. The summed E-state index contributed by atoms with van der Waals surface area (Å²) < 4.78 is 5.32. The van der Waals surface area contributed by atoms with E-state index in [4.69, 9.17) is 10.5 Å². The fourth-order valence-electron chi connectivity index (χ4n) is 1.54. The van der Waals surface area contributed by atoms with E-state index in [9.17, 15) is 4.79 Å². The average molecular weight is 242 g/mol. The van der Waals surface area contributed by atoms with Gasteiger partial charge in [0, 0.05) is 0 Å². The molecule has 1 aromatic heterocycles. The minimum atomic E-state index is -0.452. The van der Waals surface area contributed by atoms with E-state index >= 15 is 0 Å². The number of nitrogens with two attached hydrogens (primary N) is 1. The van der Waals surface area contributed by atoms with Crippen molar-refractivity contribution >= 4 is 11.7 Å². The zero-order valence-electron chi connectivity index (χ0n) is 10.0. The van der Waals surface area contributed by atoms with Crippen molar-refractivity contribution < 1.29 is 9.53 Å². The van der Waals surface area contributed by atoms with E-state index in [1.807, 2.05) is 37.3 Å². The Morgan fingerprint density at radius 1 is 1.22 bits per heavy atom. The van der Waals surface area contributed by atoms with Gasteiger partial charge in [0.25, 0.3) is 0 Å². The van der Waals surface area contributed by atoms with Crippen molar-refractivity contribution in [3.8, 4) is 0 Å². The molecule has 92 valence electrons. The van der Waals surface area contributed by atoms with E-state index in [1.54, 1.807) is 12.1 Å². The predicted octanol–water partition coefficient (Wildman–Crippen LogP) is 2.58. The Hall–Kier alpha value is -2.36. The van der Waals surface area contributed by atoms with E-state index in [1.165, 1.54) is 6.20 Å². The fraction of sp³-hybridized carbons (Fsp3) is 0.143. The van der Waals surface area contributed by atoms with Gasteiger partial charge in [0.05, 0.1) is 11.9 Å². The van der Waals surface area contributed by atoms with E-state index in [-0.39, 0.29) is 11.8 Å². The number of nitrogen functional groups attached to an aromatic ring is 1. The number of esters is 1. The van der Waals surface area contributed by atoms with Gasteiger partial charge < -0.3 is 10.5 Å². The largest absolute Gasteiger partial charge is 0.453 e. The number of rotatable bonds is 3. The maximum absolute atomic E-state index is 11.8. The van der Waals surface area contributed by atoms with Crippen molar-refractivity contribution in [2.24, 2.45) is 0 Å². The molecule has 0 saturated carbocycles. The molecule has 1 unspecified atom stereocenters. The summed E-state index contributed by atoms with van der Waals surface area (Å²) in [5, 5.41) is 0. The van der Waals surface area contributed by atoms with Crippen molar-refractivity contribution in [1.29, 1.82) is 0 Å². The summed E-state index contributed by atoms with van der Waals surface area (Å²) in [7, 11) is 0. The SMILES string of the molecule is CC(OC(=O)c1ccc(N)cn1)c1ccccc1. The molecule has 1 aromatic carbocycles. The molecular formula is C14H14N2O2. The Morgan fingerprint density at radius 2 is 1.94 bits per heavy atom. The number of carbonyl (C=O) groups excluding carboxylic acids is 1. The quantitative estimate of drug-likeness (QED) is 0.840. The first kappa shape index (κ1) is 12.1. The van der Waals surface area contributed by atoms with Crippen LogP contribution in [0, 0.1) is 0 Å². The first-order valence-electron chi connectivity index (χ1n) is 5.64. The first-order chi connectivity index (χ1) is 8.66. The average Bonchev–Trinajstić information content (AvgIpc) is 2.40. The highest BCUT2D eigenvalue weighted by molar-refractivity contribution is 5.87. The van der Waals surface area contributed by atoms with E-state index in [2.05, 4.69) is 4.98 Å². The Morgan fingerprint density at radius 3 is 2.56 bits per heavy atom. The van der Waals surface area contributed by atoms with Crippen LogP contribution in [0.5, 0.6) is 0 Å². The van der Waals surface area contributed by atoms with Crippen molar-refractivity contribution in [1.82, 2.24) is 4.98 Å². The van der Waals surface area contributed by atoms with Gasteiger partial charge in [-0.15, -0.1) is 0 Å². The molecule has 2 aromatic rings. The molecule has 2 N–H and O–H groups in total. The highest BCUT2D eigenvalue weighted by Crippen LogP contribution is 2.17. The van der Waals surface area contributed by atoms with E-state index < -0.39 is 5.97 Å². The molecule has 0 radical (unpaired) electrons. The lowest BCUT2D eigenvalue weighted by Crippen LogP contribution is -2.10. The van der Waals surface area contributed by atoms with E-state index in [0.717, 1.165) is 5.56 Å². The van der Waals surface area contributed by atoms with Crippen LogP contribution >= 0.6 is 0 Å². The van der Waals surface area contributed by atoms with Crippen LogP contribution in [-0.4, -0.2) is 11.0 Å². The maximum Gasteiger partial charge on any atom is 0.357 e. The highest BCUT2D eigenvalue weighted by atomic mass is 16.5. The third-order valence-electron chi connectivity index (χ3n) is 2.55. The molecule has 2 rings (SSSR count). The second-order valence-corrected chi connectivity index (χ2v) is 3.93. The van der Waals surface area contributed by atoms with E-state index in [0.29, 0.717) is 5.69 Å². The van der Waals surface area contributed by atoms with Crippen LogP contribution in [-0.2, 0) is 4.74 Å². The number of aromatic nitrogens is 1. The zero-order valence-corrected chi connectivity index (χ0v) is 10.0. The number of hydrogen-bond donors (Lipinski definition) is 1. The van der Waals surface area contributed by atoms with Crippen LogP contribution in [0.2, 0.25) is 0 Å². The summed E-state index contributed by atoms with van der Waals surface area (Å²) in [5.41, 5.74) is 7.22. The van der Waals surface area contributed by atoms with Gasteiger partial charge >= 0.3 is 5.97 Å². The molecule has 4 heteroatoms. The topological polar surface area (TPSA) is 65.2 Å². The molecule has 0 saturated heterocycles. The third-order valence-corrected chi connectivity index (χ3v) is 2.55. The maximum atomic E-state index is 11.8. The second kappa shape index (κ2) is 5.31. The summed E-state index contributed by atoms with van der Waals surface area (Å²) in [5.74, 6) is -0.452. The minimum Gasteiger partial charge on any atom is -0.453 e. The van der Waals surface area contributed by atoms with Crippen LogP contribution in [0.4, 0.5) is 5.69 Å². The third kappa shape index (κ3) is 2.85. The van der Waals surface area contributed by atoms with Gasteiger partial charge in [0.2, 0.25) is 0 Å². The van der Waals surface area contributed by atoms with Crippen LogP contribution in [0.25, 0.3) is 0 Å². The number of carbonyl (C=O) groups is 1. The lowest BCUT2D eigenvalue weighted by Gasteiger charge is -2.13. The van der Waals surface area contributed by atoms with Crippen molar-refractivity contribution in [3.05, 3.63) is 59.9 Å². The Balaban J connectivity index is 2.06. The normalized spacial score (nSPS) is 11.8. The number of pyridine rings is 1. The predicted molar refractivity (Wildman–Crippen MR) is 68.9 cm³/mol. The molecule has 0 bridgehead atoms. The highest BCUT2D eigenvalue weighted by Gasteiger charge is 2.14. The number of ether oxygens (including phenoxy) is 1. The van der Waals surface area contributed by atoms with Crippen LogP contribution in [0.15, 0.2) is 48.7 Å². The second-order valence-electron chi connectivity index (χ2n) is 3.93. The molecule has 0 fully saturated rings. The van der Waals surface area contributed by atoms with Gasteiger partial charge in [-0.2, -0.15) is 0 Å². The van der Waals surface area contributed by atoms with Crippen molar-refractivity contribution in [2.45, 2.75) is 13.0 Å². The molecule has 0 amide bonds. The molecule has 18 heavy (non-hydrogen) atoms.